The molecule has 154 valence electrons. The van der Waals surface area contributed by atoms with Crippen LogP contribution in [0, 0.1) is 0 Å². The van der Waals surface area contributed by atoms with Crippen LogP contribution >= 0.6 is 15.9 Å². The maximum absolute atomic E-state index is 12.7. The summed E-state index contributed by atoms with van der Waals surface area (Å²) in [6, 6.07) is 24.7. The number of anilines is 2. The van der Waals surface area contributed by atoms with Gasteiger partial charge in [-0.25, -0.2) is 0 Å². The predicted octanol–water partition coefficient (Wildman–Crippen LogP) is 5.05. The van der Waals surface area contributed by atoms with E-state index in [4.69, 9.17) is 0 Å². The van der Waals surface area contributed by atoms with Crippen molar-refractivity contribution in [3.8, 4) is 0 Å². The average Bonchev–Trinajstić information content (AvgIpc) is 3.19. The van der Waals surface area contributed by atoms with Gasteiger partial charge in [-0.2, -0.15) is 0 Å². The Morgan fingerprint density at radius 1 is 1.03 bits per heavy atom. The molecule has 4 rings (SSSR count). The minimum absolute atomic E-state index is 0.0510. The Morgan fingerprint density at radius 2 is 1.73 bits per heavy atom. The fraction of sp³-hybridized carbons (Fsp3) is 0.240. The second-order valence-electron chi connectivity index (χ2n) is 7.79. The molecule has 1 heterocycles. The molecule has 1 aliphatic rings. The fourth-order valence-corrected chi connectivity index (χ4v) is 4.25. The van der Waals surface area contributed by atoms with Crippen LogP contribution in [0.15, 0.2) is 77.3 Å². The van der Waals surface area contributed by atoms with Crippen molar-refractivity contribution in [3.05, 3.63) is 94.0 Å². The third-order valence-electron chi connectivity index (χ3n) is 5.66. The highest BCUT2D eigenvalue weighted by Gasteiger charge is 2.27. The molecule has 0 unspecified atom stereocenters. The maximum Gasteiger partial charge on any atom is 0.251 e. The molecule has 3 aromatic carbocycles. The number of benzene rings is 3. The van der Waals surface area contributed by atoms with Crippen molar-refractivity contribution in [1.29, 1.82) is 0 Å². The van der Waals surface area contributed by atoms with Gasteiger partial charge in [-0.15, -0.1) is 0 Å². The van der Waals surface area contributed by atoms with Crippen LogP contribution in [0.3, 0.4) is 0 Å². The molecule has 0 aromatic heterocycles. The molecule has 1 atom stereocenters. The number of amides is 1. The summed E-state index contributed by atoms with van der Waals surface area (Å²) in [5.41, 5.74) is 5.66. The Bertz CT molecular complexity index is 1020. The van der Waals surface area contributed by atoms with Gasteiger partial charge in [0.05, 0.1) is 6.04 Å². The van der Waals surface area contributed by atoms with Gasteiger partial charge in [0.1, 0.15) is 0 Å². The van der Waals surface area contributed by atoms with Gasteiger partial charge >= 0.3 is 0 Å². The molecule has 5 heteroatoms. The number of nitrogens with one attached hydrogen (secondary N) is 1. The lowest BCUT2D eigenvalue weighted by atomic mass is 10.0. The van der Waals surface area contributed by atoms with E-state index in [1.807, 2.05) is 38.4 Å². The van der Waals surface area contributed by atoms with Crippen molar-refractivity contribution in [2.45, 2.75) is 12.5 Å². The fourth-order valence-electron chi connectivity index (χ4n) is 3.98. The first-order chi connectivity index (χ1) is 14.5. The highest BCUT2D eigenvalue weighted by molar-refractivity contribution is 9.10. The second-order valence-corrected chi connectivity index (χ2v) is 8.71. The Hall–Kier alpha value is -2.79. The lowest BCUT2D eigenvalue weighted by molar-refractivity contribution is 0.0951. The summed E-state index contributed by atoms with van der Waals surface area (Å²) in [5, 5.41) is 3.16. The summed E-state index contributed by atoms with van der Waals surface area (Å²) < 4.78 is 0.964. The molecule has 0 fully saturated rings. The lowest BCUT2D eigenvalue weighted by Crippen LogP contribution is -2.37. The molecule has 0 bridgehead atoms. The van der Waals surface area contributed by atoms with Crippen molar-refractivity contribution in [1.82, 2.24) is 5.32 Å². The van der Waals surface area contributed by atoms with Crippen LogP contribution in [0.4, 0.5) is 11.4 Å². The number of carbonyl (C=O) groups is 1. The molecular weight excluding hydrogens is 438 g/mol. The van der Waals surface area contributed by atoms with Crippen molar-refractivity contribution in [2.75, 3.05) is 37.0 Å². The normalized spacial score (nSPS) is 13.6. The number of para-hydroxylation sites is 1. The van der Waals surface area contributed by atoms with Gasteiger partial charge in [0.25, 0.3) is 5.91 Å². The minimum Gasteiger partial charge on any atom is -0.378 e. The van der Waals surface area contributed by atoms with E-state index in [1.54, 1.807) is 0 Å². The summed E-state index contributed by atoms with van der Waals surface area (Å²) >= 11 is 3.42. The van der Waals surface area contributed by atoms with Crippen LogP contribution in [0.1, 0.15) is 27.5 Å². The van der Waals surface area contributed by atoms with E-state index in [-0.39, 0.29) is 11.9 Å². The summed E-state index contributed by atoms with van der Waals surface area (Å²) in [6.07, 6.45) is 1.03. The molecule has 0 radical (unpaired) electrons. The molecule has 0 saturated heterocycles. The third-order valence-corrected chi connectivity index (χ3v) is 6.18. The number of hydrogen-bond donors (Lipinski definition) is 1. The lowest BCUT2D eigenvalue weighted by Gasteiger charge is -2.31. The summed E-state index contributed by atoms with van der Waals surface area (Å²) in [7, 11) is 4.09. The molecule has 1 aliphatic heterocycles. The zero-order valence-electron chi connectivity index (χ0n) is 17.3. The van der Waals surface area contributed by atoms with Crippen LogP contribution in [0.2, 0.25) is 0 Å². The van der Waals surface area contributed by atoms with Gasteiger partial charge < -0.3 is 15.1 Å². The van der Waals surface area contributed by atoms with Crippen molar-refractivity contribution in [3.63, 3.8) is 0 Å². The number of fused-ring (bicyclic) bond motifs is 1. The zero-order valence-corrected chi connectivity index (χ0v) is 18.9. The molecule has 0 saturated carbocycles. The van der Waals surface area contributed by atoms with Crippen LogP contribution in [-0.2, 0) is 6.42 Å². The molecule has 0 spiro atoms. The van der Waals surface area contributed by atoms with E-state index in [1.165, 1.54) is 22.5 Å². The summed E-state index contributed by atoms with van der Waals surface area (Å²) in [4.78, 5) is 17.3. The largest absolute Gasteiger partial charge is 0.378 e. The van der Waals surface area contributed by atoms with Crippen LogP contribution in [-0.4, -0.2) is 33.1 Å². The van der Waals surface area contributed by atoms with Gasteiger partial charge in [0.15, 0.2) is 0 Å². The summed E-state index contributed by atoms with van der Waals surface area (Å²) in [6.45, 7) is 1.50. The van der Waals surface area contributed by atoms with E-state index >= 15 is 0 Å². The topological polar surface area (TPSA) is 35.6 Å². The Morgan fingerprint density at radius 3 is 2.43 bits per heavy atom. The Labute approximate surface area is 186 Å². The van der Waals surface area contributed by atoms with E-state index < -0.39 is 0 Å². The number of nitrogens with zero attached hydrogens (tertiary/aromatic N) is 2. The standard InChI is InChI=1S/C25H26BrN3O/c1-28(2)22-13-9-19(10-14-22)24(29-16-15-18-5-3-4-6-23(18)29)17-27-25(30)20-7-11-21(26)12-8-20/h3-14,24H,15-17H2,1-2H3,(H,27,30)/t24-/m1/s1. The maximum atomic E-state index is 12.7. The van der Waals surface area contributed by atoms with Crippen molar-refractivity contribution < 1.29 is 4.79 Å². The molecule has 1 amide bonds. The van der Waals surface area contributed by atoms with Gasteiger partial charge in [0, 0.05) is 48.6 Å². The van der Waals surface area contributed by atoms with Crippen LogP contribution in [0.25, 0.3) is 0 Å². The van der Waals surface area contributed by atoms with Crippen molar-refractivity contribution in [2.24, 2.45) is 0 Å². The zero-order chi connectivity index (χ0) is 21.1. The number of hydrogen-bond acceptors (Lipinski definition) is 3. The van der Waals surface area contributed by atoms with Gasteiger partial charge in [-0.3, -0.25) is 4.79 Å². The highest BCUT2D eigenvalue weighted by Crippen LogP contribution is 2.35. The number of rotatable bonds is 6. The van der Waals surface area contributed by atoms with E-state index in [0.717, 1.165) is 17.4 Å². The monoisotopic (exact) mass is 463 g/mol. The number of carbonyl (C=O) groups excluding carboxylic acids is 1. The molecule has 3 aromatic rings. The Balaban J connectivity index is 1.59. The summed E-state index contributed by atoms with van der Waals surface area (Å²) in [5.74, 6) is -0.0510. The second kappa shape index (κ2) is 8.92. The SMILES string of the molecule is CN(C)c1ccc([C@@H](CNC(=O)c2ccc(Br)cc2)N2CCc3ccccc32)cc1. The molecule has 0 aliphatic carbocycles. The molecule has 1 N–H and O–H groups in total. The average molecular weight is 464 g/mol. The highest BCUT2D eigenvalue weighted by atomic mass is 79.9. The molecular formula is C25H26BrN3O. The predicted molar refractivity (Wildman–Crippen MR) is 127 cm³/mol. The first-order valence-corrected chi connectivity index (χ1v) is 11.0. The first kappa shape index (κ1) is 20.5. The van der Waals surface area contributed by atoms with Gasteiger partial charge in [-0.05, 0) is 60.0 Å². The van der Waals surface area contributed by atoms with Gasteiger partial charge in [-0.1, -0.05) is 46.3 Å². The van der Waals surface area contributed by atoms with Crippen LogP contribution in [0.5, 0.6) is 0 Å². The first-order valence-electron chi connectivity index (χ1n) is 10.2. The van der Waals surface area contributed by atoms with Crippen molar-refractivity contribution >= 4 is 33.2 Å². The van der Waals surface area contributed by atoms with E-state index in [0.29, 0.717) is 12.1 Å². The molecule has 4 nitrogen and oxygen atoms in total. The third kappa shape index (κ3) is 4.36. The minimum atomic E-state index is -0.0510. The van der Waals surface area contributed by atoms with Crippen LogP contribution < -0.4 is 15.1 Å². The molecule has 30 heavy (non-hydrogen) atoms. The number of halogens is 1. The smallest absolute Gasteiger partial charge is 0.251 e. The quantitative estimate of drug-likeness (QED) is 0.555. The van der Waals surface area contributed by atoms with E-state index in [2.05, 4.69) is 79.6 Å². The Kier molecular flexibility index (Phi) is 6.09. The van der Waals surface area contributed by atoms with Gasteiger partial charge in [0.2, 0.25) is 0 Å². The van der Waals surface area contributed by atoms with E-state index in [9.17, 15) is 4.79 Å².